The zero-order valence-electron chi connectivity index (χ0n) is 8.89. The number of fused-ring (bicyclic) bond motifs is 1. The molecule has 0 saturated carbocycles. The molecular formula is C9H12N4OS. The van der Waals surface area contributed by atoms with Gasteiger partial charge < -0.3 is 4.84 Å². The molecule has 5 nitrogen and oxygen atoms in total. The molecule has 2 aromatic rings. The summed E-state index contributed by atoms with van der Waals surface area (Å²) in [4.78, 5) is 11.1. The van der Waals surface area contributed by atoms with E-state index >= 15 is 0 Å². The van der Waals surface area contributed by atoms with Crippen molar-refractivity contribution < 1.29 is 4.84 Å². The van der Waals surface area contributed by atoms with Gasteiger partial charge in [0.05, 0.1) is 16.3 Å². The summed E-state index contributed by atoms with van der Waals surface area (Å²) >= 11 is 1.57. The first kappa shape index (κ1) is 10.1. The van der Waals surface area contributed by atoms with Crippen LogP contribution in [0.3, 0.4) is 0 Å². The summed E-state index contributed by atoms with van der Waals surface area (Å²) in [7, 11) is 0. The summed E-state index contributed by atoms with van der Waals surface area (Å²) in [6.07, 6.45) is 1.55. The normalized spacial score (nSPS) is 12.3. The Morgan fingerprint density at radius 1 is 1.67 bits per heavy atom. The molecule has 2 rings (SSSR count). The Kier molecular flexibility index (Phi) is 2.68. The van der Waals surface area contributed by atoms with Crippen molar-refractivity contribution in [1.29, 1.82) is 0 Å². The van der Waals surface area contributed by atoms with Crippen molar-refractivity contribution in [3.05, 3.63) is 16.9 Å². The number of thiazole rings is 1. The lowest BCUT2D eigenvalue weighted by Gasteiger charge is -1.98. The molecule has 0 bridgehead atoms. The van der Waals surface area contributed by atoms with Crippen LogP contribution in [0.5, 0.6) is 0 Å². The Bertz CT molecular complexity index is 499. The van der Waals surface area contributed by atoms with Crippen LogP contribution >= 0.6 is 11.3 Å². The topological polar surface area (TPSA) is 51.8 Å². The van der Waals surface area contributed by atoms with Crippen LogP contribution in [0.15, 0.2) is 11.5 Å². The van der Waals surface area contributed by atoms with E-state index in [9.17, 15) is 0 Å². The summed E-state index contributed by atoms with van der Waals surface area (Å²) in [5.74, 6) is 0. The van der Waals surface area contributed by atoms with E-state index in [1.807, 2.05) is 25.3 Å². The second kappa shape index (κ2) is 3.98. The Balaban J connectivity index is 2.43. The number of hydrogen-bond donors (Lipinski definition) is 0. The second-order valence-corrected chi connectivity index (χ2v) is 4.04. The van der Waals surface area contributed by atoms with Gasteiger partial charge in [-0.3, -0.25) is 0 Å². The molecule has 0 saturated heterocycles. The molecule has 0 aliphatic rings. The lowest BCUT2D eigenvalue weighted by molar-refractivity contribution is 0.159. The number of aromatic nitrogens is 3. The van der Waals surface area contributed by atoms with Crippen molar-refractivity contribution in [2.75, 3.05) is 6.61 Å². The number of aryl methyl sites for hydroxylation is 1. The van der Waals surface area contributed by atoms with Crippen molar-refractivity contribution >= 4 is 22.0 Å². The van der Waals surface area contributed by atoms with E-state index in [0.29, 0.717) is 6.61 Å². The minimum absolute atomic E-state index is 0.581. The van der Waals surface area contributed by atoms with Crippen LogP contribution in [0.4, 0.5) is 0 Å². The molecule has 0 aliphatic heterocycles. The molecule has 2 aromatic heterocycles. The van der Waals surface area contributed by atoms with Crippen molar-refractivity contribution in [3.8, 4) is 0 Å². The second-order valence-electron chi connectivity index (χ2n) is 3.07. The highest BCUT2D eigenvalue weighted by molar-refractivity contribution is 7.19. The summed E-state index contributed by atoms with van der Waals surface area (Å²) in [6.45, 7) is 6.41. The third kappa shape index (κ3) is 1.72. The summed E-state index contributed by atoms with van der Waals surface area (Å²) in [6, 6.07) is 0. The Morgan fingerprint density at radius 2 is 2.47 bits per heavy atom. The SMILES string of the molecule is CCO/N=C(/C)c1sc2ncnn2c1C. The van der Waals surface area contributed by atoms with Gasteiger partial charge in [0.25, 0.3) is 0 Å². The van der Waals surface area contributed by atoms with E-state index < -0.39 is 0 Å². The van der Waals surface area contributed by atoms with Crippen LogP contribution in [-0.2, 0) is 4.84 Å². The van der Waals surface area contributed by atoms with E-state index in [1.165, 1.54) is 0 Å². The lowest BCUT2D eigenvalue weighted by atomic mass is 10.3. The van der Waals surface area contributed by atoms with Crippen molar-refractivity contribution in [2.45, 2.75) is 20.8 Å². The number of hydrogen-bond acceptors (Lipinski definition) is 5. The predicted octanol–water partition coefficient (Wildman–Crippen LogP) is 1.86. The molecule has 0 spiro atoms. The smallest absolute Gasteiger partial charge is 0.212 e. The van der Waals surface area contributed by atoms with Gasteiger partial charge >= 0.3 is 0 Å². The molecule has 6 heteroatoms. The highest BCUT2D eigenvalue weighted by Crippen LogP contribution is 2.21. The van der Waals surface area contributed by atoms with Gasteiger partial charge in [-0.2, -0.15) is 5.10 Å². The molecule has 0 atom stereocenters. The minimum atomic E-state index is 0.581. The van der Waals surface area contributed by atoms with Crippen LogP contribution in [0.2, 0.25) is 0 Å². The van der Waals surface area contributed by atoms with Gasteiger partial charge in [0.15, 0.2) is 0 Å². The largest absolute Gasteiger partial charge is 0.396 e. The molecule has 0 N–H and O–H groups in total. The molecule has 15 heavy (non-hydrogen) atoms. The molecule has 0 amide bonds. The quantitative estimate of drug-likeness (QED) is 0.590. The standard InChI is InChI=1S/C9H12N4OS/c1-4-14-12-6(2)8-7(3)13-9(15-8)10-5-11-13/h5H,4H2,1-3H3/b12-6-. The van der Waals surface area contributed by atoms with E-state index in [2.05, 4.69) is 15.2 Å². The molecule has 0 fully saturated rings. The molecule has 0 aliphatic carbocycles. The van der Waals surface area contributed by atoms with Crippen LogP contribution in [-0.4, -0.2) is 26.9 Å². The molecule has 0 aromatic carbocycles. The third-order valence-electron chi connectivity index (χ3n) is 2.02. The summed E-state index contributed by atoms with van der Waals surface area (Å²) in [5.41, 5.74) is 1.92. The van der Waals surface area contributed by atoms with Gasteiger partial charge in [0.1, 0.15) is 12.9 Å². The first-order valence-electron chi connectivity index (χ1n) is 4.70. The van der Waals surface area contributed by atoms with Crippen molar-refractivity contribution in [1.82, 2.24) is 14.6 Å². The zero-order valence-corrected chi connectivity index (χ0v) is 9.71. The van der Waals surface area contributed by atoms with Crippen molar-refractivity contribution in [2.24, 2.45) is 5.16 Å². The van der Waals surface area contributed by atoms with Crippen LogP contribution in [0.25, 0.3) is 4.96 Å². The Hall–Kier alpha value is -1.43. The molecule has 80 valence electrons. The maximum atomic E-state index is 5.02. The van der Waals surface area contributed by atoms with Crippen molar-refractivity contribution in [3.63, 3.8) is 0 Å². The maximum absolute atomic E-state index is 5.02. The minimum Gasteiger partial charge on any atom is -0.396 e. The Morgan fingerprint density at radius 3 is 3.13 bits per heavy atom. The molecule has 0 unspecified atom stereocenters. The van der Waals surface area contributed by atoms with Gasteiger partial charge in [-0.1, -0.05) is 16.5 Å². The first-order valence-corrected chi connectivity index (χ1v) is 5.51. The van der Waals surface area contributed by atoms with Gasteiger partial charge in [0, 0.05) is 0 Å². The Labute approximate surface area is 91.4 Å². The van der Waals surface area contributed by atoms with E-state index in [0.717, 1.165) is 21.2 Å². The highest BCUT2D eigenvalue weighted by atomic mass is 32.1. The first-order chi connectivity index (χ1) is 7.24. The molecule has 2 heterocycles. The molecular weight excluding hydrogens is 212 g/mol. The number of oxime groups is 1. The lowest BCUT2D eigenvalue weighted by Crippen LogP contribution is -1.98. The van der Waals surface area contributed by atoms with Gasteiger partial charge in [-0.25, -0.2) is 9.50 Å². The molecule has 0 radical (unpaired) electrons. The summed E-state index contributed by atoms with van der Waals surface area (Å²) < 4.78 is 1.81. The summed E-state index contributed by atoms with van der Waals surface area (Å²) in [5, 5.41) is 8.13. The van der Waals surface area contributed by atoms with Gasteiger partial charge in [-0.15, -0.1) is 0 Å². The average molecular weight is 224 g/mol. The number of rotatable bonds is 3. The fourth-order valence-corrected chi connectivity index (χ4v) is 2.30. The maximum Gasteiger partial charge on any atom is 0.212 e. The zero-order chi connectivity index (χ0) is 10.8. The predicted molar refractivity (Wildman–Crippen MR) is 59.4 cm³/mol. The fraction of sp³-hybridized carbons (Fsp3) is 0.444. The van der Waals surface area contributed by atoms with Crippen LogP contribution in [0.1, 0.15) is 24.4 Å². The third-order valence-corrected chi connectivity index (χ3v) is 3.27. The number of nitrogens with zero attached hydrogens (tertiary/aromatic N) is 4. The van der Waals surface area contributed by atoms with E-state index in [4.69, 9.17) is 4.84 Å². The van der Waals surface area contributed by atoms with Crippen LogP contribution < -0.4 is 0 Å². The van der Waals surface area contributed by atoms with E-state index in [1.54, 1.807) is 17.7 Å². The highest BCUT2D eigenvalue weighted by Gasteiger charge is 2.12. The van der Waals surface area contributed by atoms with Crippen LogP contribution in [0, 0.1) is 6.92 Å². The van der Waals surface area contributed by atoms with E-state index in [-0.39, 0.29) is 0 Å². The fourth-order valence-electron chi connectivity index (χ4n) is 1.33. The monoisotopic (exact) mass is 224 g/mol. The average Bonchev–Trinajstić information content (AvgIpc) is 2.78. The van der Waals surface area contributed by atoms with Gasteiger partial charge in [0.2, 0.25) is 4.96 Å². The van der Waals surface area contributed by atoms with Gasteiger partial charge in [-0.05, 0) is 20.8 Å².